The van der Waals surface area contributed by atoms with Crippen molar-refractivity contribution >= 4 is 15.7 Å². The van der Waals surface area contributed by atoms with Crippen molar-refractivity contribution in [2.45, 2.75) is 25.6 Å². The number of hydrogen-bond donors (Lipinski definition) is 1. The van der Waals surface area contributed by atoms with E-state index >= 15 is 0 Å². The molecule has 0 aliphatic carbocycles. The standard InChI is InChI=1S/C19H23NO4S/c1-15-6-8-16(9-7-15)14-25(22,23)11-10-19(21)20-13-17-4-3-5-18(12-17)24-2/h3-9,12H,10-11,13-14H2,1-2H3,(H,20,21). The monoisotopic (exact) mass is 361 g/mol. The summed E-state index contributed by atoms with van der Waals surface area (Å²) in [6.07, 6.45) is -0.0435. The SMILES string of the molecule is COc1cccc(CNC(=O)CCS(=O)(=O)Cc2ccc(C)cc2)c1. The smallest absolute Gasteiger partial charge is 0.221 e. The maximum atomic E-state index is 12.2. The zero-order chi connectivity index (χ0) is 18.3. The van der Waals surface area contributed by atoms with Crippen LogP contribution in [0.1, 0.15) is 23.1 Å². The van der Waals surface area contributed by atoms with Crippen LogP contribution < -0.4 is 10.1 Å². The number of carbonyl (C=O) groups is 1. The van der Waals surface area contributed by atoms with E-state index in [1.807, 2.05) is 43.3 Å². The van der Waals surface area contributed by atoms with Crippen molar-refractivity contribution in [2.75, 3.05) is 12.9 Å². The molecule has 5 nitrogen and oxygen atoms in total. The fourth-order valence-electron chi connectivity index (χ4n) is 2.33. The van der Waals surface area contributed by atoms with Gasteiger partial charge < -0.3 is 10.1 Å². The van der Waals surface area contributed by atoms with Gasteiger partial charge in [-0.1, -0.05) is 42.0 Å². The van der Waals surface area contributed by atoms with Gasteiger partial charge in [0.1, 0.15) is 5.75 Å². The fourth-order valence-corrected chi connectivity index (χ4v) is 3.67. The number of nitrogens with one attached hydrogen (secondary N) is 1. The van der Waals surface area contributed by atoms with Gasteiger partial charge in [-0.3, -0.25) is 4.79 Å². The average Bonchev–Trinajstić information content (AvgIpc) is 2.60. The maximum absolute atomic E-state index is 12.2. The molecule has 0 heterocycles. The van der Waals surface area contributed by atoms with Crippen molar-refractivity contribution in [1.29, 1.82) is 0 Å². The summed E-state index contributed by atoms with van der Waals surface area (Å²) in [6.45, 7) is 2.29. The number of methoxy groups -OCH3 is 1. The highest BCUT2D eigenvalue weighted by Gasteiger charge is 2.14. The second-order valence-corrected chi connectivity index (χ2v) is 8.14. The Balaban J connectivity index is 1.81. The van der Waals surface area contributed by atoms with Gasteiger partial charge >= 0.3 is 0 Å². The lowest BCUT2D eigenvalue weighted by molar-refractivity contribution is -0.120. The van der Waals surface area contributed by atoms with E-state index in [4.69, 9.17) is 4.74 Å². The third-order valence-corrected chi connectivity index (χ3v) is 5.37. The van der Waals surface area contributed by atoms with Crippen molar-refractivity contribution in [3.63, 3.8) is 0 Å². The Labute approximate surface area is 148 Å². The molecule has 0 spiro atoms. The van der Waals surface area contributed by atoms with E-state index in [2.05, 4.69) is 5.32 Å². The number of carbonyl (C=O) groups excluding carboxylic acids is 1. The number of amides is 1. The van der Waals surface area contributed by atoms with E-state index in [-0.39, 0.29) is 23.8 Å². The molecule has 0 unspecified atom stereocenters. The van der Waals surface area contributed by atoms with Gasteiger partial charge in [-0.15, -0.1) is 0 Å². The summed E-state index contributed by atoms with van der Waals surface area (Å²) in [7, 11) is -1.74. The molecule has 1 N–H and O–H groups in total. The molecule has 134 valence electrons. The van der Waals surface area contributed by atoms with Crippen LogP contribution in [0.4, 0.5) is 0 Å². The highest BCUT2D eigenvalue weighted by Crippen LogP contribution is 2.12. The number of rotatable bonds is 8. The highest BCUT2D eigenvalue weighted by atomic mass is 32.2. The van der Waals surface area contributed by atoms with Crippen LogP contribution in [0.3, 0.4) is 0 Å². The largest absolute Gasteiger partial charge is 0.497 e. The Bertz CT molecular complexity index is 814. The quantitative estimate of drug-likeness (QED) is 0.784. The fraction of sp³-hybridized carbons (Fsp3) is 0.316. The zero-order valence-corrected chi connectivity index (χ0v) is 15.3. The van der Waals surface area contributed by atoms with E-state index in [0.717, 1.165) is 16.7 Å². The molecule has 25 heavy (non-hydrogen) atoms. The van der Waals surface area contributed by atoms with Crippen LogP contribution in [0.2, 0.25) is 0 Å². The molecule has 0 saturated carbocycles. The molecule has 0 aliphatic rings. The summed E-state index contributed by atoms with van der Waals surface area (Å²) < 4.78 is 29.4. The molecule has 2 aromatic rings. The molecule has 1 amide bonds. The summed E-state index contributed by atoms with van der Waals surface area (Å²) >= 11 is 0. The molecular formula is C19H23NO4S. The van der Waals surface area contributed by atoms with E-state index in [1.165, 1.54) is 0 Å². The van der Waals surface area contributed by atoms with E-state index in [0.29, 0.717) is 12.3 Å². The lowest BCUT2D eigenvalue weighted by Gasteiger charge is -2.08. The summed E-state index contributed by atoms with van der Waals surface area (Å²) in [5.74, 6) is 0.226. The van der Waals surface area contributed by atoms with Gasteiger partial charge in [-0.25, -0.2) is 8.42 Å². The molecule has 0 saturated heterocycles. The predicted molar refractivity (Wildman–Crippen MR) is 98.1 cm³/mol. The molecule has 6 heteroatoms. The molecule has 0 atom stereocenters. The molecular weight excluding hydrogens is 338 g/mol. The minimum atomic E-state index is -3.32. The molecule has 0 aliphatic heterocycles. The Morgan fingerprint density at radius 1 is 1.08 bits per heavy atom. The van der Waals surface area contributed by atoms with Gasteiger partial charge in [0.25, 0.3) is 0 Å². The normalized spacial score (nSPS) is 11.1. The first-order valence-electron chi connectivity index (χ1n) is 8.03. The van der Waals surface area contributed by atoms with Gasteiger partial charge in [0.2, 0.25) is 5.91 Å². The Morgan fingerprint density at radius 2 is 1.80 bits per heavy atom. The third kappa shape index (κ3) is 6.58. The average molecular weight is 361 g/mol. The van der Waals surface area contributed by atoms with Crippen LogP contribution in [0.25, 0.3) is 0 Å². The van der Waals surface area contributed by atoms with Crippen LogP contribution in [-0.2, 0) is 26.9 Å². The Kier molecular flexibility index (Phi) is 6.58. The Hall–Kier alpha value is -2.34. The van der Waals surface area contributed by atoms with Crippen LogP contribution in [0.5, 0.6) is 5.75 Å². The Morgan fingerprint density at radius 3 is 2.48 bits per heavy atom. The van der Waals surface area contributed by atoms with Gasteiger partial charge in [-0.05, 0) is 30.2 Å². The third-order valence-electron chi connectivity index (χ3n) is 3.77. The molecule has 0 bridgehead atoms. The first kappa shape index (κ1) is 19.0. The maximum Gasteiger partial charge on any atom is 0.221 e. The number of aryl methyl sites for hydroxylation is 1. The summed E-state index contributed by atoms with van der Waals surface area (Å²) in [6, 6.07) is 14.7. The molecule has 2 rings (SSSR count). The molecule has 2 aromatic carbocycles. The van der Waals surface area contributed by atoms with Crippen molar-refractivity contribution in [3.8, 4) is 5.75 Å². The van der Waals surface area contributed by atoms with Crippen molar-refractivity contribution in [1.82, 2.24) is 5.32 Å². The van der Waals surface area contributed by atoms with Gasteiger partial charge in [0, 0.05) is 13.0 Å². The highest BCUT2D eigenvalue weighted by molar-refractivity contribution is 7.90. The first-order chi connectivity index (χ1) is 11.9. The minimum Gasteiger partial charge on any atom is -0.497 e. The number of benzene rings is 2. The van der Waals surface area contributed by atoms with Crippen LogP contribution in [0, 0.1) is 6.92 Å². The van der Waals surface area contributed by atoms with Crippen molar-refractivity contribution < 1.29 is 17.9 Å². The molecule has 0 radical (unpaired) electrons. The lowest BCUT2D eigenvalue weighted by Crippen LogP contribution is -2.25. The summed E-state index contributed by atoms with van der Waals surface area (Å²) in [4.78, 5) is 11.9. The van der Waals surface area contributed by atoms with E-state index < -0.39 is 9.84 Å². The number of ether oxygens (including phenoxy) is 1. The van der Waals surface area contributed by atoms with Crippen LogP contribution >= 0.6 is 0 Å². The summed E-state index contributed by atoms with van der Waals surface area (Å²) in [5.41, 5.74) is 2.72. The van der Waals surface area contributed by atoms with Crippen LogP contribution in [0.15, 0.2) is 48.5 Å². The molecule has 0 aromatic heterocycles. The van der Waals surface area contributed by atoms with E-state index in [9.17, 15) is 13.2 Å². The molecule has 0 fully saturated rings. The topological polar surface area (TPSA) is 72.5 Å². The van der Waals surface area contributed by atoms with Gasteiger partial charge in [0.15, 0.2) is 9.84 Å². The second kappa shape index (κ2) is 8.67. The number of sulfone groups is 1. The first-order valence-corrected chi connectivity index (χ1v) is 9.86. The zero-order valence-electron chi connectivity index (χ0n) is 14.5. The minimum absolute atomic E-state index is 0.0435. The van der Waals surface area contributed by atoms with Gasteiger partial charge in [-0.2, -0.15) is 0 Å². The summed E-state index contributed by atoms with van der Waals surface area (Å²) in [5, 5.41) is 2.74. The van der Waals surface area contributed by atoms with Gasteiger partial charge in [0.05, 0.1) is 18.6 Å². The second-order valence-electron chi connectivity index (χ2n) is 5.96. The van der Waals surface area contributed by atoms with Crippen LogP contribution in [-0.4, -0.2) is 27.2 Å². The number of hydrogen-bond acceptors (Lipinski definition) is 4. The lowest BCUT2D eigenvalue weighted by atomic mass is 10.2. The van der Waals surface area contributed by atoms with Crippen molar-refractivity contribution in [2.24, 2.45) is 0 Å². The van der Waals surface area contributed by atoms with Crippen molar-refractivity contribution in [3.05, 3.63) is 65.2 Å². The van der Waals surface area contributed by atoms with E-state index in [1.54, 1.807) is 19.2 Å². The predicted octanol–water partition coefficient (Wildman–Crippen LogP) is 2.62.